The maximum absolute atomic E-state index is 12.8. The number of rotatable bonds is 4. The van der Waals surface area contributed by atoms with Crippen LogP contribution in [0.2, 0.25) is 0 Å². The second-order valence-corrected chi connectivity index (χ2v) is 9.36. The highest BCUT2D eigenvalue weighted by Crippen LogP contribution is 2.42. The van der Waals surface area contributed by atoms with Gasteiger partial charge in [-0.25, -0.2) is 8.42 Å². The Labute approximate surface area is 161 Å². The van der Waals surface area contributed by atoms with E-state index in [-0.39, 0.29) is 30.3 Å². The van der Waals surface area contributed by atoms with E-state index < -0.39 is 10.0 Å². The standard InChI is InChI=1S/C18H27N3O3S.ClH/c1-11-6-7-15(21-25(2,23)24)16(8-11)20-18(22)14-9-12-4-3-5-13(10-14)17(12)19;/h6-8,12-14,17,21H,3-5,9-10,19H2,1-2H3,(H,20,22);1H. The maximum Gasteiger partial charge on any atom is 0.229 e. The maximum atomic E-state index is 12.8. The van der Waals surface area contributed by atoms with Gasteiger partial charge in [0.2, 0.25) is 15.9 Å². The Morgan fingerprint density at radius 1 is 1.15 bits per heavy atom. The SMILES string of the molecule is Cc1ccc(NS(C)(=O)=O)c(NC(=O)C2CC3CCCC(C2)C3N)c1.Cl. The first-order chi connectivity index (χ1) is 11.7. The molecule has 0 aromatic heterocycles. The van der Waals surface area contributed by atoms with Gasteiger partial charge in [-0.3, -0.25) is 9.52 Å². The third-order valence-electron chi connectivity index (χ3n) is 5.51. The number of halogens is 1. The number of hydrogen-bond acceptors (Lipinski definition) is 4. The highest BCUT2D eigenvalue weighted by molar-refractivity contribution is 7.92. The molecule has 1 aromatic carbocycles. The third kappa shape index (κ3) is 4.90. The molecule has 2 saturated carbocycles. The van der Waals surface area contributed by atoms with Gasteiger partial charge in [0.25, 0.3) is 0 Å². The predicted molar refractivity (Wildman–Crippen MR) is 107 cm³/mol. The lowest BCUT2D eigenvalue weighted by Gasteiger charge is -2.43. The lowest BCUT2D eigenvalue weighted by molar-refractivity contribution is -0.122. The Kier molecular flexibility index (Phi) is 6.58. The van der Waals surface area contributed by atoms with Crippen molar-refractivity contribution in [3.63, 3.8) is 0 Å². The van der Waals surface area contributed by atoms with Gasteiger partial charge in [0, 0.05) is 12.0 Å². The molecule has 2 fully saturated rings. The summed E-state index contributed by atoms with van der Waals surface area (Å²) in [5.41, 5.74) is 8.17. The fourth-order valence-corrected chi connectivity index (χ4v) is 4.87. The summed E-state index contributed by atoms with van der Waals surface area (Å²) in [6.07, 6.45) is 6.16. The minimum atomic E-state index is -3.41. The van der Waals surface area contributed by atoms with Gasteiger partial charge in [-0.1, -0.05) is 12.5 Å². The number of amides is 1. The average Bonchev–Trinajstić information content (AvgIpc) is 2.48. The van der Waals surface area contributed by atoms with Crippen molar-refractivity contribution < 1.29 is 13.2 Å². The van der Waals surface area contributed by atoms with Crippen LogP contribution in [0.15, 0.2) is 18.2 Å². The minimum Gasteiger partial charge on any atom is -0.327 e. The molecular weight excluding hydrogens is 374 g/mol. The lowest BCUT2D eigenvalue weighted by atomic mass is 9.65. The molecule has 3 rings (SSSR count). The van der Waals surface area contributed by atoms with Gasteiger partial charge in [0.1, 0.15) is 0 Å². The molecule has 8 heteroatoms. The van der Waals surface area contributed by atoms with Crippen LogP contribution in [0, 0.1) is 24.7 Å². The number of anilines is 2. The van der Waals surface area contributed by atoms with Crippen LogP contribution in [0.25, 0.3) is 0 Å². The van der Waals surface area contributed by atoms with Gasteiger partial charge in [-0.05, 0) is 62.1 Å². The smallest absolute Gasteiger partial charge is 0.229 e. The zero-order valence-corrected chi connectivity index (χ0v) is 16.8. The van der Waals surface area contributed by atoms with Crippen molar-refractivity contribution in [3.8, 4) is 0 Å². The zero-order valence-electron chi connectivity index (χ0n) is 15.2. The van der Waals surface area contributed by atoms with Crippen LogP contribution in [0.4, 0.5) is 11.4 Å². The van der Waals surface area contributed by atoms with E-state index in [1.54, 1.807) is 12.1 Å². The second kappa shape index (κ2) is 8.15. The number of nitrogens with two attached hydrogens (primary N) is 1. The van der Waals surface area contributed by atoms with Crippen LogP contribution in [-0.2, 0) is 14.8 Å². The fraction of sp³-hybridized carbons (Fsp3) is 0.611. The topological polar surface area (TPSA) is 101 Å². The largest absolute Gasteiger partial charge is 0.327 e. The van der Waals surface area contributed by atoms with Gasteiger partial charge in [-0.15, -0.1) is 12.4 Å². The van der Waals surface area contributed by atoms with Gasteiger partial charge in [0.05, 0.1) is 17.6 Å². The van der Waals surface area contributed by atoms with Crippen LogP contribution < -0.4 is 15.8 Å². The number of benzene rings is 1. The van der Waals surface area contributed by atoms with Crippen molar-refractivity contribution >= 4 is 39.7 Å². The number of fused-ring (bicyclic) bond motifs is 2. The van der Waals surface area contributed by atoms with Crippen molar-refractivity contribution in [1.82, 2.24) is 0 Å². The average molecular weight is 402 g/mol. The molecule has 2 aliphatic rings. The van der Waals surface area contributed by atoms with Crippen molar-refractivity contribution in [3.05, 3.63) is 23.8 Å². The van der Waals surface area contributed by atoms with Crippen LogP contribution in [-0.4, -0.2) is 26.6 Å². The third-order valence-corrected chi connectivity index (χ3v) is 6.10. The highest BCUT2D eigenvalue weighted by Gasteiger charge is 2.40. The van der Waals surface area contributed by atoms with Crippen molar-refractivity contribution in [2.24, 2.45) is 23.5 Å². The van der Waals surface area contributed by atoms with E-state index in [9.17, 15) is 13.2 Å². The summed E-state index contributed by atoms with van der Waals surface area (Å²) in [7, 11) is -3.41. The molecule has 0 saturated heterocycles. The Bertz CT molecular complexity index is 755. The van der Waals surface area contributed by atoms with E-state index in [4.69, 9.17) is 5.73 Å². The normalized spacial score (nSPS) is 28.0. The first-order valence-electron chi connectivity index (χ1n) is 8.88. The number of carbonyl (C=O) groups is 1. The number of sulfonamides is 1. The Hall–Kier alpha value is -1.31. The van der Waals surface area contributed by atoms with Gasteiger partial charge in [-0.2, -0.15) is 0 Å². The molecule has 1 amide bonds. The Balaban J connectivity index is 0.00000243. The summed E-state index contributed by atoms with van der Waals surface area (Å²) in [5, 5.41) is 2.94. The molecule has 146 valence electrons. The zero-order chi connectivity index (χ0) is 18.2. The van der Waals surface area contributed by atoms with E-state index in [0.29, 0.717) is 23.2 Å². The van der Waals surface area contributed by atoms with Crippen LogP contribution >= 0.6 is 12.4 Å². The van der Waals surface area contributed by atoms with Crippen LogP contribution in [0.5, 0.6) is 0 Å². The predicted octanol–water partition coefficient (Wildman–Crippen LogP) is 2.88. The molecule has 1 aromatic rings. The van der Waals surface area contributed by atoms with Crippen molar-refractivity contribution in [2.45, 2.75) is 45.1 Å². The van der Waals surface area contributed by atoms with Crippen molar-refractivity contribution in [2.75, 3.05) is 16.3 Å². The molecule has 4 N–H and O–H groups in total. The summed E-state index contributed by atoms with van der Waals surface area (Å²) in [4.78, 5) is 12.8. The van der Waals surface area contributed by atoms with Gasteiger partial charge >= 0.3 is 0 Å². The summed E-state index contributed by atoms with van der Waals surface area (Å²) in [6.45, 7) is 1.91. The number of aryl methyl sites for hydroxylation is 1. The first-order valence-corrected chi connectivity index (χ1v) is 10.8. The van der Waals surface area contributed by atoms with E-state index in [0.717, 1.165) is 37.5 Å². The van der Waals surface area contributed by atoms with Crippen LogP contribution in [0.1, 0.15) is 37.7 Å². The van der Waals surface area contributed by atoms with Gasteiger partial charge < -0.3 is 11.1 Å². The first kappa shape index (κ1) is 21.0. The monoisotopic (exact) mass is 401 g/mol. The fourth-order valence-electron chi connectivity index (χ4n) is 4.29. The number of carbonyl (C=O) groups excluding carboxylic acids is 1. The molecule has 0 spiro atoms. The van der Waals surface area contributed by atoms with E-state index in [1.165, 1.54) is 6.42 Å². The number of nitrogens with one attached hydrogen (secondary N) is 2. The summed E-state index contributed by atoms with van der Waals surface area (Å²) < 4.78 is 25.6. The van der Waals surface area contributed by atoms with Crippen LogP contribution in [0.3, 0.4) is 0 Å². The van der Waals surface area contributed by atoms with E-state index in [1.807, 2.05) is 13.0 Å². The minimum absolute atomic E-state index is 0. The molecular formula is C18H28ClN3O3S. The Morgan fingerprint density at radius 3 is 2.35 bits per heavy atom. The molecule has 6 nitrogen and oxygen atoms in total. The van der Waals surface area contributed by atoms with Gasteiger partial charge in [0.15, 0.2) is 0 Å². The summed E-state index contributed by atoms with van der Waals surface area (Å²) >= 11 is 0. The molecule has 0 aliphatic heterocycles. The number of hydrogen-bond donors (Lipinski definition) is 3. The molecule has 0 radical (unpaired) electrons. The molecule has 2 bridgehead atoms. The molecule has 0 heterocycles. The molecule has 2 aliphatic carbocycles. The molecule has 2 atom stereocenters. The highest BCUT2D eigenvalue weighted by atomic mass is 35.5. The summed E-state index contributed by atoms with van der Waals surface area (Å²) in [5.74, 6) is 0.761. The quantitative estimate of drug-likeness (QED) is 0.721. The molecule has 2 unspecified atom stereocenters. The molecule has 26 heavy (non-hydrogen) atoms. The Morgan fingerprint density at radius 2 is 1.77 bits per heavy atom. The van der Waals surface area contributed by atoms with E-state index >= 15 is 0 Å². The van der Waals surface area contributed by atoms with E-state index in [2.05, 4.69) is 10.0 Å². The summed E-state index contributed by atoms with van der Waals surface area (Å²) in [6, 6.07) is 5.50. The second-order valence-electron chi connectivity index (χ2n) is 7.61. The van der Waals surface area contributed by atoms with Crippen molar-refractivity contribution in [1.29, 1.82) is 0 Å². The lowest BCUT2D eigenvalue weighted by Crippen LogP contribution is -2.48.